The van der Waals surface area contributed by atoms with E-state index in [0.29, 0.717) is 5.76 Å². The number of rotatable bonds is 7. The van der Waals surface area contributed by atoms with Crippen molar-refractivity contribution < 1.29 is 13.9 Å². The van der Waals surface area contributed by atoms with Gasteiger partial charge in [-0.05, 0) is 82.3 Å². The maximum atomic E-state index is 12.3. The van der Waals surface area contributed by atoms with Gasteiger partial charge in [0.2, 0.25) is 0 Å². The van der Waals surface area contributed by atoms with Crippen LogP contribution in [0.25, 0.3) is 5.69 Å². The van der Waals surface area contributed by atoms with Gasteiger partial charge < -0.3 is 18.3 Å². The molecule has 33 heavy (non-hydrogen) atoms. The summed E-state index contributed by atoms with van der Waals surface area (Å²) in [4.78, 5) is 12.3. The fourth-order valence-electron chi connectivity index (χ4n) is 3.73. The van der Waals surface area contributed by atoms with Crippen molar-refractivity contribution in [1.29, 1.82) is 0 Å². The standard InChI is InChI=1S/C26H28N4O3/c1-17-6-7-18(2)30(17)22-8-10-23(11-9-22)32-16-24-12-13-25(33-24)26(31)28-27-15-21-14-19(3)29(5)20(21)4/h6-15H,16H2,1-5H3,(H,28,31). The first-order chi connectivity index (χ1) is 15.8. The summed E-state index contributed by atoms with van der Waals surface area (Å²) in [6, 6.07) is 17.4. The second kappa shape index (κ2) is 9.24. The number of nitrogens with one attached hydrogen (secondary N) is 1. The summed E-state index contributed by atoms with van der Waals surface area (Å²) >= 11 is 0. The van der Waals surface area contributed by atoms with Crippen LogP contribution in [0.1, 0.15) is 44.7 Å². The summed E-state index contributed by atoms with van der Waals surface area (Å²) in [7, 11) is 1.99. The minimum atomic E-state index is -0.412. The minimum absolute atomic E-state index is 0.181. The Labute approximate surface area is 193 Å². The molecular weight excluding hydrogens is 416 g/mol. The van der Waals surface area contributed by atoms with Crippen LogP contribution in [0.3, 0.4) is 0 Å². The second-order valence-corrected chi connectivity index (χ2v) is 8.08. The van der Waals surface area contributed by atoms with E-state index >= 15 is 0 Å². The molecule has 170 valence electrons. The molecule has 0 bridgehead atoms. The number of carbonyl (C=O) groups excluding carboxylic acids is 1. The van der Waals surface area contributed by atoms with E-state index in [1.165, 1.54) is 11.4 Å². The molecule has 0 saturated heterocycles. The molecule has 0 aliphatic heterocycles. The number of nitrogens with zero attached hydrogens (tertiary/aromatic N) is 3. The lowest BCUT2D eigenvalue weighted by atomic mass is 10.3. The Balaban J connectivity index is 1.32. The van der Waals surface area contributed by atoms with Gasteiger partial charge in [0.25, 0.3) is 0 Å². The normalized spacial score (nSPS) is 11.3. The molecule has 0 aliphatic carbocycles. The fraction of sp³-hybridized carbons (Fsp3) is 0.231. The van der Waals surface area contributed by atoms with E-state index in [9.17, 15) is 4.79 Å². The van der Waals surface area contributed by atoms with Gasteiger partial charge in [0.05, 0.1) is 6.21 Å². The highest BCUT2D eigenvalue weighted by Gasteiger charge is 2.11. The molecule has 0 fully saturated rings. The molecule has 0 saturated carbocycles. The molecule has 0 spiro atoms. The first kappa shape index (κ1) is 22.2. The van der Waals surface area contributed by atoms with Crippen molar-refractivity contribution in [2.24, 2.45) is 12.1 Å². The molecule has 7 heteroatoms. The van der Waals surface area contributed by atoms with Crippen LogP contribution >= 0.6 is 0 Å². The Kier molecular flexibility index (Phi) is 6.22. The topological polar surface area (TPSA) is 73.7 Å². The number of benzene rings is 1. The minimum Gasteiger partial charge on any atom is -0.486 e. The maximum Gasteiger partial charge on any atom is 0.307 e. The van der Waals surface area contributed by atoms with Gasteiger partial charge in [0, 0.05) is 41.1 Å². The van der Waals surface area contributed by atoms with Gasteiger partial charge in [-0.25, -0.2) is 5.43 Å². The molecular formula is C26H28N4O3. The molecule has 0 aliphatic rings. The molecule has 1 N–H and O–H groups in total. The molecule has 1 amide bonds. The molecule has 3 aromatic heterocycles. The van der Waals surface area contributed by atoms with Gasteiger partial charge >= 0.3 is 5.91 Å². The van der Waals surface area contributed by atoms with E-state index in [4.69, 9.17) is 9.15 Å². The summed E-state index contributed by atoms with van der Waals surface area (Å²) in [5.41, 5.74) is 9.11. The van der Waals surface area contributed by atoms with Crippen LogP contribution in [0, 0.1) is 27.7 Å². The van der Waals surface area contributed by atoms with Gasteiger partial charge in [-0.2, -0.15) is 5.10 Å². The van der Waals surface area contributed by atoms with Crippen molar-refractivity contribution in [2.75, 3.05) is 0 Å². The Morgan fingerprint density at radius 3 is 2.33 bits per heavy atom. The highest BCUT2D eigenvalue weighted by Crippen LogP contribution is 2.21. The van der Waals surface area contributed by atoms with Crippen LogP contribution in [-0.2, 0) is 13.7 Å². The van der Waals surface area contributed by atoms with Crippen LogP contribution in [-0.4, -0.2) is 21.3 Å². The van der Waals surface area contributed by atoms with Gasteiger partial charge in [0.1, 0.15) is 18.1 Å². The number of hydrogen-bond acceptors (Lipinski definition) is 4. The third-order valence-electron chi connectivity index (χ3n) is 5.82. The molecule has 1 aromatic carbocycles. The van der Waals surface area contributed by atoms with Gasteiger partial charge in [-0.1, -0.05) is 0 Å². The van der Waals surface area contributed by atoms with Crippen molar-refractivity contribution in [3.05, 3.63) is 94.5 Å². The summed E-state index contributed by atoms with van der Waals surface area (Å²) < 4.78 is 15.7. The number of aromatic nitrogens is 2. The molecule has 4 aromatic rings. The van der Waals surface area contributed by atoms with E-state index < -0.39 is 5.91 Å². The SMILES string of the molecule is Cc1cc(C=NNC(=O)c2ccc(COc3ccc(-n4c(C)ccc4C)cc3)o2)c(C)n1C. The summed E-state index contributed by atoms with van der Waals surface area (Å²) in [6.45, 7) is 8.41. The Hall–Kier alpha value is -4.00. The summed E-state index contributed by atoms with van der Waals surface area (Å²) in [5, 5.41) is 4.05. The number of amides is 1. The lowest BCUT2D eigenvalue weighted by Gasteiger charge is -2.10. The molecule has 0 radical (unpaired) electrons. The highest BCUT2D eigenvalue weighted by atomic mass is 16.5. The number of aryl methyl sites for hydroxylation is 3. The molecule has 7 nitrogen and oxygen atoms in total. The largest absolute Gasteiger partial charge is 0.486 e. The zero-order chi connectivity index (χ0) is 23.5. The summed E-state index contributed by atoms with van der Waals surface area (Å²) in [6.07, 6.45) is 1.63. The van der Waals surface area contributed by atoms with E-state index in [-0.39, 0.29) is 12.4 Å². The predicted molar refractivity (Wildman–Crippen MR) is 128 cm³/mol. The monoisotopic (exact) mass is 444 g/mol. The van der Waals surface area contributed by atoms with Gasteiger partial charge in [-0.15, -0.1) is 0 Å². The lowest BCUT2D eigenvalue weighted by molar-refractivity contribution is 0.0923. The Morgan fingerprint density at radius 2 is 1.70 bits per heavy atom. The second-order valence-electron chi connectivity index (χ2n) is 8.08. The molecule has 3 heterocycles. The average molecular weight is 445 g/mol. The van der Waals surface area contributed by atoms with Crippen molar-refractivity contribution in [1.82, 2.24) is 14.6 Å². The Bertz CT molecular complexity index is 1290. The highest BCUT2D eigenvalue weighted by molar-refractivity contribution is 5.92. The number of carbonyl (C=O) groups is 1. The van der Waals surface area contributed by atoms with Crippen LogP contribution in [0.4, 0.5) is 0 Å². The van der Waals surface area contributed by atoms with E-state index in [0.717, 1.165) is 28.4 Å². The van der Waals surface area contributed by atoms with E-state index in [2.05, 4.69) is 45.6 Å². The predicted octanol–water partition coefficient (Wildman–Crippen LogP) is 4.99. The van der Waals surface area contributed by atoms with E-state index in [1.807, 2.05) is 51.2 Å². The van der Waals surface area contributed by atoms with Crippen molar-refractivity contribution in [3.8, 4) is 11.4 Å². The van der Waals surface area contributed by atoms with Crippen molar-refractivity contribution in [3.63, 3.8) is 0 Å². The number of hydrazone groups is 1. The fourth-order valence-corrected chi connectivity index (χ4v) is 3.73. The van der Waals surface area contributed by atoms with E-state index in [1.54, 1.807) is 18.3 Å². The molecule has 0 atom stereocenters. The third-order valence-corrected chi connectivity index (χ3v) is 5.82. The number of furan rings is 1. The quantitative estimate of drug-likeness (QED) is 0.323. The first-order valence-electron chi connectivity index (χ1n) is 10.8. The number of hydrogen-bond donors (Lipinski definition) is 1. The summed E-state index contributed by atoms with van der Waals surface area (Å²) in [5.74, 6) is 1.05. The smallest absolute Gasteiger partial charge is 0.307 e. The Morgan fingerprint density at radius 1 is 1.00 bits per heavy atom. The van der Waals surface area contributed by atoms with Crippen LogP contribution < -0.4 is 10.2 Å². The van der Waals surface area contributed by atoms with Gasteiger partial charge in [-0.3, -0.25) is 4.79 Å². The zero-order valence-electron chi connectivity index (χ0n) is 19.5. The zero-order valence-corrected chi connectivity index (χ0v) is 19.5. The number of ether oxygens (including phenoxy) is 1. The van der Waals surface area contributed by atoms with Crippen LogP contribution in [0.5, 0.6) is 5.75 Å². The van der Waals surface area contributed by atoms with Crippen molar-refractivity contribution >= 4 is 12.1 Å². The van der Waals surface area contributed by atoms with Gasteiger partial charge in [0.15, 0.2) is 5.76 Å². The van der Waals surface area contributed by atoms with Crippen LogP contribution in [0.2, 0.25) is 0 Å². The average Bonchev–Trinajstić information content (AvgIpc) is 3.48. The first-order valence-corrected chi connectivity index (χ1v) is 10.8. The molecule has 4 rings (SSSR count). The lowest BCUT2D eigenvalue weighted by Crippen LogP contribution is -2.16. The van der Waals surface area contributed by atoms with Crippen LogP contribution in [0.15, 0.2) is 64.1 Å². The third kappa shape index (κ3) is 4.77. The molecule has 0 unspecified atom stereocenters. The maximum absolute atomic E-state index is 12.3. The van der Waals surface area contributed by atoms with Crippen molar-refractivity contribution in [2.45, 2.75) is 34.3 Å².